The van der Waals surface area contributed by atoms with E-state index >= 15 is 0 Å². The SMILES string of the molecule is Cc1c(F)cccc1[C@H](Nc1cc(C#N)c2ncc(C#N)c(NCC(C)(C)C)c2c1)c1cn(C2(C(F)(F)F)CC2)nn1. The number of hydrogen-bond donors (Lipinski definition) is 2. The first-order valence-corrected chi connectivity index (χ1v) is 13.3. The van der Waals surface area contributed by atoms with Crippen LogP contribution in [-0.2, 0) is 5.54 Å². The lowest BCUT2D eigenvalue weighted by atomic mass is 9.96. The number of fused-ring (bicyclic) bond motifs is 1. The Balaban J connectivity index is 1.65. The molecule has 1 saturated carbocycles. The summed E-state index contributed by atoms with van der Waals surface area (Å²) < 4.78 is 57.0. The maximum atomic E-state index is 14.7. The lowest BCUT2D eigenvalue weighted by molar-refractivity contribution is -0.182. The third kappa shape index (κ3) is 5.20. The standard InChI is InChI=1S/C30H28F4N8/c1-17-21(6-5-7-23(17)31)27(24-15-42(41-40-24)29(8-9-29)30(32,33)34)39-20-10-18(12-35)25-22(11-20)26(19(13-36)14-37-25)38-16-28(2,3)4/h5-7,10-11,14-15,27,39H,8-9,16H2,1-4H3,(H,37,38)/t27-/m0/s1. The second-order valence-corrected chi connectivity index (χ2v) is 11.8. The van der Waals surface area contributed by atoms with E-state index in [9.17, 15) is 28.1 Å². The molecule has 2 N–H and O–H groups in total. The summed E-state index contributed by atoms with van der Waals surface area (Å²) in [7, 11) is 0. The second kappa shape index (κ2) is 10.3. The van der Waals surface area contributed by atoms with E-state index in [1.807, 2.05) is 20.8 Å². The predicted molar refractivity (Wildman–Crippen MR) is 149 cm³/mol. The maximum absolute atomic E-state index is 14.7. The Labute approximate surface area is 240 Å². The number of pyridine rings is 1. The van der Waals surface area contributed by atoms with Crippen molar-refractivity contribution in [1.82, 2.24) is 20.0 Å². The summed E-state index contributed by atoms with van der Waals surface area (Å²) in [6.45, 7) is 8.20. The van der Waals surface area contributed by atoms with Gasteiger partial charge in [0, 0.05) is 23.8 Å². The van der Waals surface area contributed by atoms with Crippen molar-refractivity contribution in [3.63, 3.8) is 0 Å². The molecule has 1 aliphatic rings. The van der Waals surface area contributed by atoms with Gasteiger partial charge in [-0.25, -0.2) is 9.07 Å². The quantitative estimate of drug-likeness (QED) is 0.235. The molecule has 2 heterocycles. The van der Waals surface area contributed by atoms with Crippen LogP contribution in [0.3, 0.4) is 0 Å². The average Bonchev–Trinajstić information content (AvgIpc) is 3.62. The Kier molecular flexibility index (Phi) is 7.05. The van der Waals surface area contributed by atoms with Crippen molar-refractivity contribution >= 4 is 22.3 Å². The number of alkyl halides is 3. The van der Waals surface area contributed by atoms with Gasteiger partial charge in [-0.05, 0) is 54.5 Å². The Bertz CT molecular complexity index is 1750. The number of nitriles is 2. The predicted octanol–water partition coefficient (Wildman–Crippen LogP) is 6.73. The van der Waals surface area contributed by atoms with Gasteiger partial charge in [-0.15, -0.1) is 5.10 Å². The van der Waals surface area contributed by atoms with Crippen molar-refractivity contribution in [2.45, 2.75) is 58.3 Å². The van der Waals surface area contributed by atoms with Gasteiger partial charge in [-0.1, -0.05) is 38.1 Å². The molecule has 0 bridgehead atoms. The summed E-state index contributed by atoms with van der Waals surface area (Å²) in [6, 6.07) is 11.1. The topological polar surface area (TPSA) is 115 Å². The zero-order valence-electron chi connectivity index (χ0n) is 23.4. The second-order valence-electron chi connectivity index (χ2n) is 11.8. The maximum Gasteiger partial charge on any atom is 0.413 e. The number of aromatic nitrogens is 4. The van der Waals surface area contributed by atoms with Gasteiger partial charge in [0.1, 0.15) is 23.6 Å². The molecule has 1 aliphatic carbocycles. The van der Waals surface area contributed by atoms with Gasteiger partial charge in [0.05, 0.1) is 34.6 Å². The van der Waals surface area contributed by atoms with Crippen LogP contribution >= 0.6 is 0 Å². The van der Waals surface area contributed by atoms with Crippen molar-refractivity contribution in [2.24, 2.45) is 5.41 Å². The Morgan fingerprint density at radius 1 is 1.10 bits per heavy atom. The molecule has 0 saturated heterocycles. The summed E-state index contributed by atoms with van der Waals surface area (Å²) in [4.78, 5) is 4.36. The first-order valence-electron chi connectivity index (χ1n) is 13.3. The molecule has 12 heteroatoms. The van der Waals surface area contributed by atoms with Gasteiger partial charge in [0.2, 0.25) is 0 Å². The summed E-state index contributed by atoms with van der Waals surface area (Å²) in [5, 5.41) is 34.8. The Hall–Kier alpha value is -4.71. The minimum Gasteiger partial charge on any atom is -0.383 e. The first-order chi connectivity index (χ1) is 19.8. The summed E-state index contributed by atoms with van der Waals surface area (Å²) in [6.07, 6.45) is -2.07. The zero-order chi connectivity index (χ0) is 30.4. The molecule has 0 spiro atoms. The summed E-state index contributed by atoms with van der Waals surface area (Å²) in [5.41, 5.74) is 0.410. The van der Waals surface area contributed by atoms with Crippen LogP contribution in [0.25, 0.3) is 10.9 Å². The van der Waals surface area contributed by atoms with Gasteiger partial charge >= 0.3 is 6.18 Å². The lowest BCUT2D eigenvalue weighted by Gasteiger charge is -2.23. The van der Waals surface area contributed by atoms with Gasteiger partial charge in [-0.2, -0.15) is 23.7 Å². The van der Waals surface area contributed by atoms with Crippen molar-refractivity contribution in [2.75, 3.05) is 17.2 Å². The van der Waals surface area contributed by atoms with Crippen molar-refractivity contribution in [3.05, 3.63) is 76.5 Å². The molecule has 216 valence electrons. The number of rotatable bonds is 7. The zero-order valence-corrected chi connectivity index (χ0v) is 23.4. The molecule has 0 aliphatic heterocycles. The fourth-order valence-corrected chi connectivity index (χ4v) is 4.89. The molecule has 0 amide bonds. The van der Waals surface area contributed by atoms with E-state index in [-0.39, 0.29) is 40.6 Å². The number of nitrogens with one attached hydrogen (secondary N) is 2. The van der Waals surface area contributed by atoms with E-state index < -0.39 is 23.6 Å². The monoisotopic (exact) mass is 576 g/mol. The molecule has 2 aromatic carbocycles. The number of benzene rings is 2. The number of nitrogens with zero attached hydrogens (tertiary/aromatic N) is 6. The molecule has 2 aromatic heterocycles. The van der Waals surface area contributed by atoms with Crippen LogP contribution in [0.5, 0.6) is 0 Å². The average molecular weight is 577 g/mol. The number of hydrogen-bond acceptors (Lipinski definition) is 7. The van der Waals surface area contributed by atoms with Gasteiger partial charge < -0.3 is 10.6 Å². The van der Waals surface area contributed by atoms with E-state index in [2.05, 4.69) is 38.1 Å². The number of halogens is 4. The van der Waals surface area contributed by atoms with Gasteiger partial charge in [-0.3, -0.25) is 4.98 Å². The molecule has 4 aromatic rings. The third-order valence-corrected chi connectivity index (χ3v) is 7.44. The Morgan fingerprint density at radius 2 is 1.81 bits per heavy atom. The Morgan fingerprint density at radius 3 is 2.43 bits per heavy atom. The molecule has 5 rings (SSSR count). The van der Waals surface area contributed by atoms with Crippen LogP contribution in [0.2, 0.25) is 0 Å². The van der Waals surface area contributed by atoms with E-state index in [1.54, 1.807) is 25.1 Å². The number of anilines is 2. The smallest absolute Gasteiger partial charge is 0.383 e. The van der Waals surface area contributed by atoms with Crippen LogP contribution < -0.4 is 10.6 Å². The molecule has 0 radical (unpaired) electrons. The van der Waals surface area contributed by atoms with Crippen molar-refractivity contribution < 1.29 is 17.6 Å². The summed E-state index contributed by atoms with van der Waals surface area (Å²) in [5.74, 6) is -0.492. The minimum atomic E-state index is -4.50. The van der Waals surface area contributed by atoms with Crippen molar-refractivity contribution in [1.29, 1.82) is 10.5 Å². The van der Waals surface area contributed by atoms with Crippen LogP contribution in [0.15, 0.2) is 42.7 Å². The summed E-state index contributed by atoms with van der Waals surface area (Å²) >= 11 is 0. The highest BCUT2D eigenvalue weighted by atomic mass is 19.4. The normalized spacial score (nSPS) is 15.1. The van der Waals surface area contributed by atoms with Crippen LogP contribution in [0.4, 0.5) is 28.9 Å². The van der Waals surface area contributed by atoms with Crippen LogP contribution in [0, 0.1) is 40.8 Å². The molecular formula is C30H28F4N8. The first kappa shape index (κ1) is 28.8. The minimum absolute atomic E-state index is 0.106. The highest BCUT2D eigenvalue weighted by molar-refractivity contribution is 5.99. The molecule has 8 nitrogen and oxygen atoms in total. The fourth-order valence-electron chi connectivity index (χ4n) is 4.89. The molecule has 1 atom stereocenters. The van der Waals surface area contributed by atoms with E-state index in [4.69, 9.17) is 0 Å². The van der Waals surface area contributed by atoms with Crippen LogP contribution in [0.1, 0.15) is 67.6 Å². The fraction of sp³-hybridized carbons (Fsp3) is 0.367. The molecule has 0 unspecified atom stereocenters. The van der Waals surface area contributed by atoms with E-state index in [0.717, 1.165) is 4.68 Å². The lowest BCUT2D eigenvalue weighted by Crippen LogP contribution is -2.35. The molecular weight excluding hydrogens is 548 g/mol. The van der Waals surface area contributed by atoms with E-state index in [1.165, 1.54) is 24.5 Å². The highest BCUT2D eigenvalue weighted by Crippen LogP contribution is 2.55. The third-order valence-electron chi connectivity index (χ3n) is 7.44. The van der Waals surface area contributed by atoms with Gasteiger partial charge in [0.25, 0.3) is 0 Å². The molecule has 42 heavy (non-hydrogen) atoms. The highest BCUT2D eigenvalue weighted by Gasteiger charge is 2.66. The largest absolute Gasteiger partial charge is 0.413 e. The van der Waals surface area contributed by atoms with Crippen molar-refractivity contribution in [3.8, 4) is 12.1 Å². The van der Waals surface area contributed by atoms with Crippen LogP contribution in [-0.4, -0.2) is 32.7 Å². The van der Waals surface area contributed by atoms with Gasteiger partial charge in [0.15, 0.2) is 5.54 Å². The molecule has 1 fully saturated rings. The van der Waals surface area contributed by atoms with E-state index in [0.29, 0.717) is 34.4 Å².